The van der Waals surface area contributed by atoms with E-state index in [1.54, 1.807) is 12.1 Å². The molecule has 0 atom stereocenters. The van der Waals surface area contributed by atoms with Crippen molar-refractivity contribution in [1.82, 2.24) is 0 Å². The zero-order chi connectivity index (χ0) is 15.1. The van der Waals surface area contributed by atoms with Gasteiger partial charge >= 0.3 is 0 Å². The monoisotopic (exact) mass is 262 g/mol. The Morgan fingerprint density at radius 1 is 0.947 bits per heavy atom. The number of para-hydroxylation sites is 1. The van der Waals surface area contributed by atoms with Gasteiger partial charge in [-0.3, -0.25) is 4.79 Å². The highest BCUT2D eigenvalue weighted by molar-refractivity contribution is 5.76. The second-order valence-corrected chi connectivity index (χ2v) is 4.72. The predicted octanol–water partition coefficient (Wildman–Crippen LogP) is 5.14. The zero-order valence-electron chi connectivity index (χ0n) is 13.2. The molecule has 1 aromatic carbocycles. The highest BCUT2D eigenvalue weighted by Crippen LogP contribution is 2.23. The van der Waals surface area contributed by atoms with Crippen LogP contribution in [0.3, 0.4) is 0 Å². The number of rotatable bonds is 0. The Hall–Kier alpha value is -1.57. The largest absolute Gasteiger partial charge is 0.460 e. The van der Waals surface area contributed by atoms with Crippen LogP contribution in [0.15, 0.2) is 39.5 Å². The van der Waals surface area contributed by atoms with E-state index in [0.29, 0.717) is 11.0 Å². The topological polar surface area (TPSA) is 30.2 Å². The molecule has 0 unspecified atom stereocenters. The molecule has 0 amide bonds. The summed E-state index contributed by atoms with van der Waals surface area (Å²) in [5, 5.41) is 0.644. The van der Waals surface area contributed by atoms with E-state index in [0.717, 1.165) is 5.76 Å². The van der Waals surface area contributed by atoms with Crippen LogP contribution in [0.2, 0.25) is 0 Å². The standard InChI is InChI=1S/C13H14O2.2C2H6/c1-13(2,3)12-8-10(14)9-6-4-5-7-11(9)15-12;2*1-2/h4-8H,1-3H3;2*1-2H3. The van der Waals surface area contributed by atoms with Gasteiger partial charge in [0.2, 0.25) is 0 Å². The SMILES string of the molecule is CC.CC.CC(C)(C)c1cc(=O)c2ccccc2o1. The normalized spacial score (nSPS) is 10.1. The lowest BCUT2D eigenvalue weighted by Gasteiger charge is -2.16. The summed E-state index contributed by atoms with van der Waals surface area (Å²) in [7, 11) is 0. The van der Waals surface area contributed by atoms with Crippen molar-refractivity contribution in [3.63, 3.8) is 0 Å². The Balaban J connectivity index is 0.000000741. The average molecular weight is 262 g/mol. The fraction of sp³-hybridized carbons (Fsp3) is 0.471. The van der Waals surface area contributed by atoms with Crippen molar-refractivity contribution < 1.29 is 4.42 Å². The van der Waals surface area contributed by atoms with Crippen molar-refractivity contribution >= 4 is 11.0 Å². The van der Waals surface area contributed by atoms with Crippen LogP contribution in [0.4, 0.5) is 0 Å². The summed E-state index contributed by atoms with van der Waals surface area (Å²) in [6, 6.07) is 8.91. The van der Waals surface area contributed by atoms with Crippen LogP contribution in [0.5, 0.6) is 0 Å². The summed E-state index contributed by atoms with van der Waals surface area (Å²) >= 11 is 0. The first kappa shape index (κ1) is 17.4. The second-order valence-electron chi connectivity index (χ2n) is 4.72. The van der Waals surface area contributed by atoms with E-state index in [1.807, 2.05) is 66.7 Å². The third kappa shape index (κ3) is 4.55. The van der Waals surface area contributed by atoms with Gasteiger partial charge in [-0.15, -0.1) is 0 Å². The fourth-order valence-electron chi connectivity index (χ4n) is 1.47. The van der Waals surface area contributed by atoms with Crippen LogP contribution in [-0.2, 0) is 5.41 Å². The van der Waals surface area contributed by atoms with Crippen molar-refractivity contribution in [3.8, 4) is 0 Å². The molecule has 0 fully saturated rings. The van der Waals surface area contributed by atoms with Crippen LogP contribution in [0.1, 0.15) is 54.2 Å². The van der Waals surface area contributed by atoms with E-state index in [2.05, 4.69) is 0 Å². The van der Waals surface area contributed by atoms with Crippen LogP contribution in [-0.4, -0.2) is 0 Å². The Labute approximate surface area is 116 Å². The van der Waals surface area contributed by atoms with E-state index in [-0.39, 0.29) is 10.8 Å². The van der Waals surface area contributed by atoms with Gasteiger partial charge in [0, 0.05) is 11.5 Å². The number of benzene rings is 1. The van der Waals surface area contributed by atoms with Gasteiger partial charge in [-0.2, -0.15) is 0 Å². The molecule has 0 bridgehead atoms. The summed E-state index contributed by atoms with van der Waals surface area (Å²) in [5.41, 5.74) is 0.556. The molecule has 1 aromatic heterocycles. The molecule has 0 aliphatic heterocycles. The molecule has 0 spiro atoms. The van der Waals surface area contributed by atoms with Crippen molar-refractivity contribution in [3.05, 3.63) is 46.3 Å². The van der Waals surface area contributed by atoms with E-state index in [4.69, 9.17) is 4.42 Å². The molecule has 0 aliphatic carbocycles. The minimum atomic E-state index is -0.136. The Kier molecular flexibility index (Phi) is 7.13. The second kappa shape index (κ2) is 7.78. The van der Waals surface area contributed by atoms with E-state index >= 15 is 0 Å². The van der Waals surface area contributed by atoms with E-state index < -0.39 is 0 Å². The van der Waals surface area contributed by atoms with Gasteiger partial charge in [-0.25, -0.2) is 0 Å². The number of fused-ring (bicyclic) bond motifs is 1. The molecule has 19 heavy (non-hydrogen) atoms. The molecule has 1 heterocycles. The van der Waals surface area contributed by atoms with Crippen molar-refractivity contribution in [1.29, 1.82) is 0 Å². The molecular weight excluding hydrogens is 236 g/mol. The van der Waals surface area contributed by atoms with Crippen LogP contribution < -0.4 is 5.43 Å². The lowest BCUT2D eigenvalue weighted by atomic mass is 9.92. The van der Waals surface area contributed by atoms with Gasteiger partial charge in [0.05, 0.1) is 5.39 Å². The Morgan fingerprint density at radius 3 is 2.00 bits per heavy atom. The number of hydrogen-bond donors (Lipinski definition) is 0. The summed E-state index contributed by atoms with van der Waals surface area (Å²) in [6.07, 6.45) is 0. The third-order valence-corrected chi connectivity index (χ3v) is 2.37. The Morgan fingerprint density at radius 2 is 1.47 bits per heavy atom. The van der Waals surface area contributed by atoms with Crippen molar-refractivity contribution in [2.24, 2.45) is 0 Å². The van der Waals surface area contributed by atoms with Crippen molar-refractivity contribution in [2.75, 3.05) is 0 Å². The molecule has 0 N–H and O–H groups in total. The molecule has 0 aliphatic rings. The Bertz CT molecular complexity index is 545. The maximum absolute atomic E-state index is 11.8. The maximum Gasteiger partial charge on any atom is 0.192 e. The lowest BCUT2D eigenvalue weighted by molar-refractivity contribution is 0.421. The molecule has 2 nitrogen and oxygen atoms in total. The molecule has 106 valence electrons. The fourth-order valence-corrected chi connectivity index (χ4v) is 1.47. The molecule has 0 saturated heterocycles. The van der Waals surface area contributed by atoms with Gasteiger partial charge in [0.25, 0.3) is 0 Å². The maximum atomic E-state index is 11.8. The first-order valence-corrected chi connectivity index (χ1v) is 7.02. The van der Waals surface area contributed by atoms with Crippen LogP contribution >= 0.6 is 0 Å². The zero-order valence-corrected chi connectivity index (χ0v) is 13.2. The summed E-state index contributed by atoms with van der Waals surface area (Å²) in [6.45, 7) is 14.1. The quantitative estimate of drug-likeness (QED) is 0.657. The van der Waals surface area contributed by atoms with Gasteiger partial charge in [0.15, 0.2) is 5.43 Å². The summed E-state index contributed by atoms with van der Waals surface area (Å²) in [5.74, 6) is 0.728. The van der Waals surface area contributed by atoms with Crippen molar-refractivity contribution in [2.45, 2.75) is 53.9 Å². The van der Waals surface area contributed by atoms with Gasteiger partial charge in [-0.1, -0.05) is 60.6 Å². The molecule has 0 saturated carbocycles. The average Bonchev–Trinajstić information content (AvgIpc) is 2.42. The minimum absolute atomic E-state index is 0.0294. The highest BCUT2D eigenvalue weighted by Gasteiger charge is 2.18. The van der Waals surface area contributed by atoms with Crippen LogP contribution in [0.25, 0.3) is 11.0 Å². The van der Waals surface area contributed by atoms with Gasteiger partial charge < -0.3 is 4.42 Å². The van der Waals surface area contributed by atoms with Gasteiger partial charge in [-0.05, 0) is 12.1 Å². The summed E-state index contributed by atoms with van der Waals surface area (Å²) < 4.78 is 5.71. The highest BCUT2D eigenvalue weighted by atomic mass is 16.3. The van der Waals surface area contributed by atoms with E-state index in [9.17, 15) is 4.79 Å². The van der Waals surface area contributed by atoms with Gasteiger partial charge in [0.1, 0.15) is 11.3 Å². The van der Waals surface area contributed by atoms with Crippen LogP contribution in [0, 0.1) is 0 Å². The molecule has 0 radical (unpaired) electrons. The molecule has 2 aromatic rings. The molecular formula is C17H26O2. The first-order valence-electron chi connectivity index (χ1n) is 7.02. The number of hydrogen-bond acceptors (Lipinski definition) is 2. The lowest BCUT2D eigenvalue weighted by Crippen LogP contribution is -2.14. The minimum Gasteiger partial charge on any atom is -0.460 e. The first-order chi connectivity index (χ1) is 8.98. The predicted molar refractivity (Wildman–Crippen MR) is 83.9 cm³/mol. The van der Waals surface area contributed by atoms with E-state index in [1.165, 1.54) is 0 Å². The molecule has 2 rings (SSSR count). The summed E-state index contributed by atoms with van der Waals surface area (Å²) in [4.78, 5) is 11.8. The smallest absolute Gasteiger partial charge is 0.192 e. The third-order valence-electron chi connectivity index (χ3n) is 2.37. The molecule has 2 heteroatoms.